The van der Waals surface area contributed by atoms with Crippen molar-refractivity contribution in [2.24, 2.45) is 5.92 Å². The molecule has 1 aromatic carbocycles. The van der Waals surface area contributed by atoms with E-state index in [9.17, 15) is 8.78 Å². The predicted octanol–water partition coefficient (Wildman–Crippen LogP) is 4.41. The van der Waals surface area contributed by atoms with Gasteiger partial charge in [0, 0.05) is 24.2 Å². The Balaban J connectivity index is 1.86. The molecule has 0 unspecified atom stereocenters. The van der Waals surface area contributed by atoms with Crippen LogP contribution in [0.1, 0.15) is 51.0 Å². The van der Waals surface area contributed by atoms with Crippen molar-refractivity contribution in [2.75, 3.05) is 0 Å². The molecule has 1 aliphatic rings. The summed E-state index contributed by atoms with van der Waals surface area (Å²) in [7, 11) is 0. The SMILES string of the molecule is C[C@H](NCc1ccc(F)cc1F)C1CCCCCC1. The van der Waals surface area contributed by atoms with Gasteiger partial charge in [-0.1, -0.05) is 31.7 Å². The Kier molecular flexibility index (Phi) is 5.32. The molecule has 0 aromatic heterocycles. The second-order valence-corrected chi connectivity index (χ2v) is 5.66. The number of rotatable bonds is 4. The summed E-state index contributed by atoms with van der Waals surface area (Å²) >= 11 is 0. The van der Waals surface area contributed by atoms with Gasteiger partial charge in [-0.25, -0.2) is 8.78 Å². The monoisotopic (exact) mass is 267 g/mol. The van der Waals surface area contributed by atoms with E-state index in [-0.39, 0.29) is 0 Å². The van der Waals surface area contributed by atoms with Crippen LogP contribution in [0, 0.1) is 17.6 Å². The first-order chi connectivity index (χ1) is 9.16. The average Bonchev–Trinajstić information content (AvgIpc) is 2.66. The van der Waals surface area contributed by atoms with E-state index in [0.717, 1.165) is 6.07 Å². The number of nitrogens with one attached hydrogen (secondary N) is 1. The molecular formula is C16H23F2N. The number of benzene rings is 1. The molecule has 0 spiro atoms. The van der Waals surface area contributed by atoms with Crippen LogP contribution in [0.5, 0.6) is 0 Å². The molecule has 0 saturated heterocycles. The van der Waals surface area contributed by atoms with Gasteiger partial charge in [0.15, 0.2) is 0 Å². The van der Waals surface area contributed by atoms with Crippen LogP contribution in [0.4, 0.5) is 8.78 Å². The third kappa shape index (κ3) is 4.27. The summed E-state index contributed by atoms with van der Waals surface area (Å²) in [6.07, 6.45) is 7.83. The Morgan fingerprint density at radius 1 is 1.16 bits per heavy atom. The molecule has 2 rings (SSSR count). The van der Waals surface area contributed by atoms with Gasteiger partial charge in [0.1, 0.15) is 11.6 Å². The molecule has 106 valence electrons. The normalized spacial score (nSPS) is 19.1. The van der Waals surface area contributed by atoms with E-state index in [0.29, 0.717) is 24.1 Å². The zero-order valence-corrected chi connectivity index (χ0v) is 11.6. The fourth-order valence-electron chi connectivity index (χ4n) is 2.91. The van der Waals surface area contributed by atoms with Gasteiger partial charge in [-0.15, -0.1) is 0 Å². The van der Waals surface area contributed by atoms with Crippen molar-refractivity contribution in [3.8, 4) is 0 Å². The van der Waals surface area contributed by atoms with Gasteiger partial charge in [0.2, 0.25) is 0 Å². The lowest BCUT2D eigenvalue weighted by atomic mass is 9.93. The fourth-order valence-corrected chi connectivity index (χ4v) is 2.91. The van der Waals surface area contributed by atoms with Crippen LogP contribution in [0.3, 0.4) is 0 Å². The molecule has 1 N–H and O–H groups in total. The molecule has 1 atom stereocenters. The molecule has 3 heteroatoms. The van der Waals surface area contributed by atoms with Crippen LogP contribution in [-0.2, 0) is 6.54 Å². The largest absolute Gasteiger partial charge is 0.310 e. The minimum absolute atomic E-state index is 0.391. The third-order valence-electron chi connectivity index (χ3n) is 4.24. The first-order valence-corrected chi connectivity index (χ1v) is 7.34. The zero-order valence-electron chi connectivity index (χ0n) is 11.6. The quantitative estimate of drug-likeness (QED) is 0.797. The molecule has 19 heavy (non-hydrogen) atoms. The summed E-state index contributed by atoms with van der Waals surface area (Å²) in [5, 5.41) is 3.39. The summed E-state index contributed by atoms with van der Waals surface area (Å²) in [4.78, 5) is 0. The van der Waals surface area contributed by atoms with Crippen LogP contribution >= 0.6 is 0 Å². The predicted molar refractivity (Wildman–Crippen MR) is 73.9 cm³/mol. The van der Waals surface area contributed by atoms with Crippen LogP contribution in [0.15, 0.2) is 18.2 Å². The molecule has 0 aliphatic heterocycles. The first-order valence-electron chi connectivity index (χ1n) is 7.34. The lowest BCUT2D eigenvalue weighted by Gasteiger charge is -2.23. The van der Waals surface area contributed by atoms with E-state index in [1.165, 1.54) is 50.7 Å². The highest BCUT2D eigenvalue weighted by Gasteiger charge is 2.18. The van der Waals surface area contributed by atoms with Crippen molar-refractivity contribution >= 4 is 0 Å². The molecule has 0 heterocycles. The van der Waals surface area contributed by atoms with Gasteiger partial charge in [0.25, 0.3) is 0 Å². The standard InChI is InChI=1S/C16H23F2N/c1-12(13-6-4-2-3-5-7-13)19-11-14-8-9-15(17)10-16(14)18/h8-10,12-13,19H,2-7,11H2,1H3/t12-/m0/s1. The van der Waals surface area contributed by atoms with Gasteiger partial charge in [-0.05, 0) is 31.7 Å². The second-order valence-electron chi connectivity index (χ2n) is 5.66. The molecule has 1 saturated carbocycles. The number of halogens is 2. The Morgan fingerprint density at radius 3 is 2.47 bits per heavy atom. The molecule has 1 nitrogen and oxygen atoms in total. The summed E-state index contributed by atoms with van der Waals surface area (Å²) in [5.41, 5.74) is 0.543. The molecule has 0 bridgehead atoms. The van der Waals surface area contributed by atoms with Crippen LogP contribution in [-0.4, -0.2) is 6.04 Å². The zero-order chi connectivity index (χ0) is 13.7. The number of hydrogen-bond donors (Lipinski definition) is 1. The van der Waals surface area contributed by atoms with Crippen molar-refractivity contribution < 1.29 is 8.78 Å². The van der Waals surface area contributed by atoms with Crippen molar-refractivity contribution in [2.45, 2.75) is 58.0 Å². The first kappa shape index (κ1) is 14.4. The number of hydrogen-bond acceptors (Lipinski definition) is 1. The Labute approximate surface area is 114 Å². The molecule has 1 fully saturated rings. The van der Waals surface area contributed by atoms with Crippen molar-refractivity contribution in [3.05, 3.63) is 35.4 Å². The molecule has 1 aliphatic carbocycles. The summed E-state index contributed by atoms with van der Waals surface area (Å²) < 4.78 is 26.3. The fraction of sp³-hybridized carbons (Fsp3) is 0.625. The van der Waals surface area contributed by atoms with E-state index < -0.39 is 11.6 Å². The summed E-state index contributed by atoms with van der Waals surface area (Å²) in [6.45, 7) is 2.65. The van der Waals surface area contributed by atoms with Crippen molar-refractivity contribution in [3.63, 3.8) is 0 Å². The topological polar surface area (TPSA) is 12.0 Å². The van der Waals surface area contributed by atoms with Crippen molar-refractivity contribution in [1.29, 1.82) is 0 Å². The maximum Gasteiger partial charge on any atom is 0.130 e. The Hall–Kier alpha value is -0.960. The highest BCUT2D eigenvalue weighted by Crippen LogP contribution is 2.25. The van der Waals surface area contributed by atoms with Gasteiger partial charge < -0.3 is 5.32 Å². The van der Waals surface area contributed by atoms with E-state index in [2.05, 4.69) is 12.2 Å². The lowest BCUT2D eigenvalue weighted by Crippen LogP contribution is -2.33. The van der Waals surface area contributed by atoms with Gasteiger partial charge in [0.05, 0.1) is 0 Å². The minimum Gasteiger partial charge on any atom is -0.310 e. The average molecular weight is 267 g/mol. The third-order valence-corrected chi connectivity index (χ3v) is 4.24. The highest BCUT2D eigenvalue weighted by atomic mass is 19.1. The Bertz CT molecular complexity index is 398. The molecule has 1 aromatic rings. The highest BCUT2D eigenvalue weighted by molar-refractivity contribution is 5.18. The molecular weight excluding hydrogens is 244 g/mol. The van der Waals surface area contributed by atoms with E-state index in [1.54, 1.807) is 0 Å². The van der Waals surface area contributed by atoms with E-state index in [1.807, 2.05) is 0 Å². The molecule has 0 radical (unpaired) electrons. The maximum atomic E-state index is 13.5. The Morgan fingerprint density at radius 2 is 1.84 bits per heavy atom. The smallest absolute Gasteiger partial charge is 0.130 e. The lowest BCUT2D eigenvalue weighted by molar-refractivity contribution is 0.335. The van der Waals surface area contributed by atoms with E-state index in [4.69, 9.17) is 0 Å². The van der Waals surface area contributed by atoms with Crippen LogP contribution in [0.25, 0.3) is 0 Å². The summed E-state index contributed by atoms with van der Waals surface area (Å²) in [6, 6.07) is 4.18. The van der Waals surface area contributed by atoms with Gasteiger partial charge in [-0.3, -0.25) is 0 Å². The summed E-state index contributed by atoms with van der Waals surface area (Å²) in [5.74, 6) is -0.287. The maximum absolute atomic E-state index is 13.5. The van der Waals surface area contributed by atoms with Gasteiger partial charge in [-0.2, -0.15) is 0 Å². The van der Waals surface area contributed by atoms with E-state index >= 15 is 0 Å². The minimum atomic E-state index is -0.516. The second kappa shape index (κ2) is 6.99. The molecule has 0 amide bonds. The van der Waals surface area contributed by atoms with Gasteiger partial charge >= 0.3 is 0 Å². The van der Waals surface area contributed by atoms with Crippen molar-refractivity contribution in [1.82, 2.24) is 5.32 Å². The van der Waals surface area contributed by atoms with Crippen LogP contribution in [0.2, 0.25) is 0 Å². The van der Waals surface area contributed by atoms with Crippen LogP contribution < -0.4 is 5.32 Å².